The largest absolute Gasteiger partial charge is 0.454 e. The lowest BCUT2D eigenvalue weighted by Gasteiger charge is -2.15. The van der Waals surface area contributed by atoms with Crippen LogP contribution in [0, 0.1) is 6.92 Å². The van der Waals surface area contributed by atoms with E-state index in [-0.39, 0.29) is 0 Å². The summed E-state index contributed by atoms with van der Waals surface area (Å²) >= 11 is 0. The van der Waals surface area contributed by atoms with Gasteiger partial charge in [-0.05, 0) is 139 Å². The summed E-state index contributed by atoms with van der Waals surface area (Å²) in [5, 5.41) is 13.7. The summed E-state index contributed by atoms with van der Waals surface area (Å²) in [7, 11) is 0. The molecule has 0 saturated heterocycles. The fraction of sp³-hybridized carbons (Fsp3) is 0.0319. The van der Waals surface area contributed by atoms with Crippen molar-refractivity contribution in [3.8, 4) is 52.0 Å². The van der Waals surface area contributed by atoms with Crippen LogP contribution in [0.2, 0.25) is 0 Å². The third kappa shape index (κ3) is 9.21. The molecule has 0 aliphatic carbocycles. The summed E-state index contributed by atoms with van der Waals surface area (Å²) in [5.41, 5.74) is 20.9. The van der Waals surface area contributed by atoms with Crippen LogP contribution in [0.4, 0.5) is 0 Å². The van der Waals surface area contributed by atoms with Gasteiger partial charge in [-0.2, -0.15) is 15.0 Å². The van der Waals surface area contributed by atoms with Crippen LogP contribution in [0.15, 0.2) is 326 Å². The maximum absolute atomic E-state index is 6.65. The van der Waals surface area contributed by atoms with Crippen molar-refractivity contribution < 1.29 is 4.42 Å². The summed E-state index contributed by atoms with van der Waals surface area (Å²) in [4.78, 5) is 27.7. The molecule has 11 nitrogen and oxygen atoms in total. The van der Waals surface area contributed by atoms with Crippen molar-refractivity contribution in [3.05, 3.63) is 349 Å². The van der Waals surface area contributed by atoms with Crippen LogP contribution in [-0.2, 0) is 12.8 Å². The molecule has 22 rings (SSSR count). The third-order valence-electron chi connectivity index (χ3n) is 21.4. The highest BCUT2D eigenvalue weighted by molar-refractivity contribution is 6.15. The number of benzene rings is 14. The van der Waals surface area contributed by atoms with Crippen molar-refractivity contribution >= 4 is 131 Å². The van der Waals surface area contributed by atoms with Gasteiger partial charge in [-0.25, -0.2) is 9.97 Å². The Bertz CT molecular complexity index is 7110. The molecule has 0 amide bonds. The second kappa shape index (κ2) is 23.0. The van der Waals surface area contributed by atoms with Gasteiger partial charge in [0, 0.05) is 81.8 Å². The van der Waals surface area contributed by atoms with Crippen molar-refractivity contribution in [1.82, 2.24) is 47.8 Å². The molecular formula is C94H60N10O. The minimum absolute atomic E-state index is 0.541. The van der Waals surface area contributed by atoms with E-state index in [9.17, 15) is 0 Å². The molecule has 0 aliphatic rings. The molecule has 8 aromatic heterocycles. The molecule has 22 aromatic rings. The van der Waals surface area contributed by atoms with Crippen LogP contribution in [0.3, 0.4) is 0 Å². The highest BCUT2D eigenvalue weighted by Crippen LogP contribution is 2.42. The number of rotatable bonds is 11. The molecule has 0 radical (unpaired) electrons. The van der Waals surface area contributed by atoms with E-state index in [0.29, 0.717) is 36.4 Å². The van der Waals surface area contributed by atoms with Crippen LogP contribution < -0.4 is 0 Å². The van der Waals surface area contributed by atoms with E-state index in [1.165, 1.54) is 21.9 Å². The summed E-state index contributed by atoms with van der Waals surface area (Å²) in [5.74, 6) is 3.83. The van der Waals surface area contributed by atoms with E-state index in [1.54, 1.807) is 0 Å². The summed E-state index contributed by atoms with van der Waals surface area (Å²) in [6, 6.07) is 115. The van der Waals surface area contributed by atoms with Gasteiger partial charge < -0.3 is 8.98 Å². The van der Waals surface area contributed by atoms with Crippen LogP contribution >= 0.6 is 0 Å². The Morgan fingerprint density at radius 2 is 0.648 bits per heavy atom. The average molecular weight is 1350 g/mol. The number of fused-ring (bicyclic) bond motifs is 18. The van der Waals surface area contributed by atoms with E-state index in [0.717, 1.165) is 165 Å². The number of hydrogen-bond donors (Lipinski definition) is 0. The van der Waals surface area contributed by atoms with E-state index in [4.69, 9.17) is 29.3 Å². The van der Waals surface area contributed by atoms with Gasteiger partial charge in [0.25, 0.3) is 0 Å². The molecule has 0 spiro atoms. The Balaban J connectivity index is 0.674. The molecule has 14 aromatic carbocycles. The predicted octanol–water partition coefficient (Wildman–Crippen LogP) is 22.9. The Kier molecular flexibility index (Phi) is 12.9. The van der Waals surface area contributed by atoms with Gasteiger partial charge in [0.15, 0.2) is 17.2 Å². The van der Waals surface area contributed by atoms with Gasteiger partial charge in [-0.1, -0.05) is 224 Å². The summed E-state index contributed by atoms with van der Waals surface area (Å²) in [6.07, 6.45) is 1.34. The van der Waals surface area contributed by atoms with Gasteiger partial charge in [-0.15, -0.1) is 0 Å². The highest BCUT2D eigenvalue weighted by Gasteiger charge is 2.25. The molecule has 0 saturated carbocycles. The average Bonchev–Trinajstić information content (AvgIpc) is 1.60. The van der Waals surface area contributed by atoms with Crippen LogP contribution in [0.5, 0.6) is 0 Å². The molecule has 0 fully saturated rings. The lowest BCUT2D eigenvalue weighted by atomic mass is 9.98. The molecule has 11 heteroatoms. The number of hydrogen-bond acceptors (Lipinski definition) is 6. The molecule has 492 valence electrons. The van der Waals surface area contributed by atoms with Gasteiger partial charge in [0.2, 0.25) is 11.9 Å². The first-order chi connectivity index (χ1) is 51.9. The van der Waals surface area contributed by atoms with Crippen LogP contribution in [0.25, 0.3) is 183 Å². The number of para-hydroxylation sites is 10. The minimum Gasteiger partial charge on any atom is -0.454 e. The minimum atomic E-state index is 0.541. The van der Waals surface area contributed by atoms with Gasteiger partial charge in [0.05, 0.1) is 60.9 Å². The Morgan fingerprint density at radius 3 is 1.21 bits per heavy atom. The fourth-order valence-electron chi connectivity index (χ4n) is 17.0. The number of aromatic nitrogens is 10. The maximum atomic E-state index is 6.65. The number of aryl methyl sites for hydroxylation is 1. The Hall–Kier alpha value is -14.0. The van der Waals surface area contributed by atoms with Crippen molar-refractivity contribution in [2.45, 2.75) is 19.8 Å². The third-order valence-corrected chi connectivity index (χ3v) is 21.4. The topological polar surface area (TPSA) is 102 Å². The van der Waals surface area contributed by atoms with Crippen LogP contribution in [0.1, 0.15) is 27.8 Å². The SMILES string of the molecule is Cc1cc(Cc2ccc3c(c2)c2ccccc2n3-c2cccc3c2oc2ccccc23)cc(-c2nc(-n3c4ccccc4c4ccccc43)cc(-n3c4ccccc4c4ccc(Cc5cccc(-c6nc(-n7c8ccccc8c8ccccc87)nc(-n7c8ccccc8c8ccccc87)n6)c5)cc43)n2)c1. The van der Waals surface area contributed by atoms with Crippen molar-refractivity contribution in [1.29, 1.82) is 0 Å². The first-order valence-electron chi connectivity index (χ1n) is 35.7. The van der Waals surface area contributed by atoms with Crippen molar-refractivity contribution in [2.75, 3.05) is 0 Å². The lowest BCUT2D eigenvalue weighted by molar-refractivity contribution is 0.666. The summed E-state index contributed by atoms with van der Waals surface area (Å²) < 4.78 is 18.0. The molecule has 0 bridgehead atoms. The first kappa shape index (κ1) is 58.7. The van der Waals surface area contributed by atoms with Crippen LogP contribution in [-0.4, -0.2) is 47.8 Å². The quantitative estimate of drug-likeness (QED) is 0.128. The smallest absolute Gasteiger partial charge is 0.240 e. The second-order valence-corrected chi connectivity index (χ2v) is 27.7. The number of furan rings is 1. The molecular weight excluding hydrogens is 1290 g/mol. The first-order valence-corrected chi connectivity index (χ1v) is 35.7. The molecule has 105 heavy (non-hydrogen) atoms. The summed E-state index contributed by atoms with van der Waals surface area (Å²) in [6.45, 7) is 2.18. The molecule has 8 heterocycles. The maximum Gasteiger partial charge on any atom is 0.240 e. The zero-order chi connectivity index (χ0) is 69.0. The fourth-order valence-corrected chi connectivity index (χ4v) is 17.0. The second-order valence-electron chi connectivity index (χ2n) is 27.7. The van der Waals surface area contributed by atoms with E-state index in [2.05, 4.69) is 345 Å². The Labute approximate surface area is 600 Å². The molecule has 0 N–H and O–H groups in total. The van der Waals surface area contributed by atoms with E-state index < -0.39 is 0 Å². The van der Waals surface area contributed by atoms with Gasteiger partial charge in [-0.3, -0.25) is 18.3 Å². The normalized spacial score (nSPS) is 12.1. The van der Waals surface area contributed by atoms with Gasteiger partial charge in [0.1, 0.15) is 17.2 Å². The molecule has 0 unspecified atom stereocenters. The Morgan fingerprint density at radius 1 is 0.248 bits per heavy atom. The highest BCUT2D eigenvalue weighted by atomic mass is 16.3. The predicted molar refractivity (Wildman–Crippen MR) is 428 cm³/mol. The molecule has 0 aliphatic heterocycles. The monoisotopic (exact) mass is 1340 g/mol. The van der Waals surface area contributed by atoms with Crippen molar-refractivity contribution in [2.24, 2.45) is 0 Å². The zero-order valence-corrected chi connectivity index (χ0v) is 56.9. The van der Waals surface area contributed by atoms with E-state index >= 15 is 0 Å². The van der Waals surface area contributed by atoms with Gasteiger partial charge >= 0.3 is 0 Å². The van der Waals surface area contributed by atoms with Crippen molar-refractivity contribution in [3.63, 3.8) is 0 Å². The number of nitrogens with zero attached hydrogens (tertiary/aromatic N) is 10. The molecule has 0 atom stereocenters. The standard InChI is InChI=1S/C94H60N10O/c1-57-48-61(51-59-45-47-84-75(54-59)71-31-9-11-34-76(71)100(84)85-42-21-33-74-73-32-10-19-43-87(73)105-90(74)85)53-63(49-57)92-95-88(101-77-35-12-2-24-64(77)65-25-3-13-36-78(65)101)56-89(96-92)102-79-37-14-4-30-70(79)72-46-44-60(55-86(72)102)50-58-22-20-23-62(52-58)91-97-93(103-80-38-15-5-26-66(80)67-27-6-16-39-81(67)103)99-94(98-91)104-82-40-17-7-28-68(82)69-29-8-18-41-83(69)104/h2-49,52-56H,50-51H2,1H3. The van der Waals surface area contributed by atoms with E-state index in [1.807, 2.05) is 6.07 Å². The zero-order valence-electron chi connectivity index (χ0n) is 56.9. The lowest BCUT2D eigenvalue weighted by Crippen LogP contribution is -2.10.